The number of carboxylic acids is 1. The Labute approximate surface area is 119 Å². The molecule has 0 spiro atoms. The van der Waals surface area contributed by atoms with Gasteiger partial charge in [0.1, 0.15) is 11.4 Å². The number of rotatable bonds is 2. The first-order chi connectivity index (χ1) is 9.66. The van der Waals surface area contributed by atoms with Crippen LogP contribution in [0.1, 0.15) is 35.2 Å². The fourth-order valence-corrected chi connectivity index (χ4v) is 3.40. The zero-order valence-corrected chi connectivity index (χ0v) is 11.9. The van der Waals surface area contributed by atoms with Gasteiger partial charge in [-0.15, -0.1) is 0 Å². The van der Waals surface area contributed by atoms with Crippen LogP contribution in [0.25, 0.3) is 0 Å². The summed E-state index contributed by atoms with van der Waals surface area (Å²) >= 11 is 0. The number of hydrogen-bond acceptors (Lipinski definition) is 4. The number of piperidine rings is 1. The van der Waals surface area contributed by atoms with Crippen molar-refractivity contribution in [2.75, 3.05) is 31.1 Å². The summed E-state index contributed by atoms with van der Waals surface area (Å²) in [7, 11) is 0. The van der Waals surface area contributed by atoms with E-state index in [1.54, 1.807) is 12.3 Å². The summed E-state index contributed by atoms with van der Waals surface area (Å²) in [4.78, 5) is 20.5. The van der Waals surface area contributed by atoms with Gasteiger partial charge in [-0.2, -0.15) is 0 Å². The zero-order valence-electron chi connectivity index (χ0n) is 11.9. The molecule has 2 saturated heterocycles. The van der Waals surface area contributed by atoms with Crippen molar-refractivity contribution in [2.24, 2.45) is 0 Å². The standard InChI is InChI=1S/C15H21N3O2/c1-11-5-6-16-14(13(11)15(19)20)18-9-8-17-7-3-2-4-12(17)10-18/h5-6,12H,2-4,7-10H2,1H3,(H,19,20). The van der Waals surface area contributed by atoms with Gasteiger partial charge in [-0.25, -0.2) is 9.78 Å². The average molecular weight is 275 g/mol. The fourth-order valence-electron chi connectivity index (χ4n) is 3.40. The average Bonchev–Trinajstić information content (AvgIpc) is 2.46. The van der Waals surface area contributed by atoms with E-state index in [1.165, 1.54) is 25.8 Å². The van der Waals surface area contributed by atoms with Crippen LogP contribution >= 0.6 is 0 Å². The molecule has 0 saturated carbocycles. The maximum absolute atomic E-state index is 11.5. The van der Waals surface area contributed by atoms with E-state index in [4.69, 9.17) is 0 Å². The van der Waals surface area contributed by atoms with Crippen LogP contribution in [0.4, 0.5) is 5.82 Å². The second kappa shape index (κ2) is 5.40. The quantitative estimate of drug-likeness (QED) is 0.891. The molecule has 3 rings (SSSR count). The molecule has 1 N–H and O–H groups in total. The van der Waals surface area contributed by atoms with E-state index in [0.717, 1.165) is 25.2 Å². The Balaban J connectivity index is 1.86. The van der Waals surface area contributed by atoms with Crippen LogP contribution in [0.5, 0.6) is 0 Å². The van der Waals surface area contributed by atoms with Gasteiger partial charge >= 0.3 is 5.97 Å². The third kappa shape index (κ3) is 2.38. The molecule has 2 aliphatic heterocycles. The third-order valence-corrected chi connectivity index (χ3v) is 4.49. The number of hydrogen-bond donors (Lipinski definition) is 1. The van der Waals surface area contributed by atoms with Gasteiger partial charge in [0, 0.05) is 31.9 Å². The lowest BCUT2D eigenvalue weighted by atomic mass is 9.99. The summed E-state index contributed by atoms with van der Waals surface area (Å²) < 4.78 is 0. The van der Waals surface area contributed by atoms with Crippen molar-refractivity contribution in [3.8, 4) is 0 Å². The van der Waals surface area contributed by atoms with Gasteiger partial charge in [-0.05, 0) is 37.9 Å². The van der Waals surface area contributed by atoms with Crippen LogP contribution in [0, 0.1) is 6.92 Å². The minimum Gasteiger partial charge on any atom is -0.478 e. The maximum atomic E-state index is 11.5. The molecule has 1 aromatic heterocycles. The highest BCUT2D eigenvalue weighted by Gasteiger charge is 2.31. The number of aromatic nitrogens is 1. The molecule has 2 fully saturated rings. The van der Waals surface area contributed by atoms with Crippen LogP contribution in [0.3, 0.4) is 0 Å². The lowest BCUT2D eigenvalue weighted by Crippen LogP contribution is -2.55. The molecule has 108 valence electrons. The SMILES string of the molecule is Cc1ccnc(N2CCN3CCCCC3C2)c1C(=O)O. The van der Waals surface area contributed by atoms with E-state index in [2.05, 4.69) is 14.8 Å². The first-order valence-electron chi connectivity index (χ1n) is 7.34. The van der Waals surface area contributed by atoms with Crippen LogP contribution < -0.4 is 4.90 Å². The van der Waals surface area contributed by atoms with Crippen LogP contribution in [0.15, 0.2) is 12.3 Å². The van der Waals surface area contributed by atoms with E-state index in [-0.39, 0.29) is 0 Å². The Morgan fingerprint density at radius 2 is 2.20 bits per heavy atom. The molecule has 5 heteroatoms. The normalized spacial score (nSPS) is 23.4. The summed E-state index contributed by atoms with van der Waals surface area (Å²) in [5, 5.41) is 9.43. The molecule has 1 aromatic rings. The number of nitrogens with zero attached hydrogens (tertiary/aromatic N) is 3. The van der Waals surface area contributed by atoms with Gasteiger partial charge in [0.2, 0.25) is 0 Å². The highest BCUT2D eigenvalue weighted by molar-refractivity contribution is 5.95. The van der Waals surface area contributed by atoms with Gasteiger partial charge in [0.25, 0.3) is 0 Å². The molecule has 1 unspecified atom stereocenters. The number of pyridine rings is 1. The molecule has 5 nitrogen and oxygen atoms in total. The van der Waals surface area contributed by atoms with Crippen molar-refractivity contribution in [1.82, 2.24) is 9.88 Å². The molecule has 0 bridgehead atoms. The number of aryl methyl sites for hydroxylation is 1. The van der Waals surface area contributed by atoms with Crippen molar-refractivity contribution in [3.63, 3.8) is 0 Å². The molecular weight excluding hydrogens is 254 g/mol. The Morgan fingerprint density at radius 3 is 3.00 bits per heavy atom. The largest absolute Gasteiger partial charge is 0.478 e. The summed E-state index contributed by atoms with van der Waals surface area (Å²) in [6, 6.07) is 2.32. The maximum Gasteiger partial charge on any atom is 0.339 e. The van der Waals surface area contributed by atoms with Gasteiger partial charge in [-0.1, -0.05) is 6.42 Å². The number of aromatic carboxylic acids is 1. The Bertz CT molecular complexity index is 518. The van der Waals surface area contributed by atoms with Gasteiger partial charge < -0.3 is 10.0 Å². The van der Waals surface area contributed by atoms with Gasteiger partial charge in [-0.3, -0.25) is 4.90 Å². The van der Waals surface area contributed by atoms with Crippen molar-refractivity contribution in [1.29, 1.82) is 0 Å². The van der Waals surface area contributed by atoms with Crippen molar-refractivity contribution in [2.45, 2.75) is 32.2 Å². The van der Waals surface area contributed by atoms with E-state index >= 15 is 0 Å². The number of piperazine rings is 1. The monoisotopic (exact) mass is 275 g/mol. The smallest absolute Gasteiger partial charge is 0.339 e. The molecule has 3 heterocycles. The number of fused-ring (bicyclic) bond motifs is 1. The Hall–Kier alpha value is -1.62. The molecule has 2 aliphatic rings. The fraction of sp³-hybridized carbons (Fsp3) is 0.600. The van der Waals surface area contributed by atoms with Crippen molar-refractivity contribution < 1.29 is 9.90 Å². The Morgan fingerprint density at radius 1 is 1.35 bits per heavy atom. The number of carboxylic acid groups (broad SMARTS) is 1. The van der Waals surface area contributed by atoms with E-state index < -0.39 is 5.97 Å². The first kappa shape index (κ1) is 13.4. The highest BCUT2D eigenvalue weighted by Crippen LogP contribution is 2.27. The topological polar surface area (TPSA) is 56.7 Å². The van der Waals surface area contributed by atoms with E-state index in [0.29, 0.717) is 17.4 Å². The molecule has 0 amide bonds. The number of anilines is 1. The van der Waals surface area contributed by atoms with Crippen molar-refractivity contribution in [3.05, 3.63) is 23.4 Å². The summed E-state index contributed by atoms with van der Waals surface area (Å²) in [5.41, 5.74) is 1.14. The second-order valence-electron chi connectivity index (χ2n) is 5.76. The van der Waals surface area contributed by atoms with Crippen LogP contribution in [-0.4, -0.2) is 53.2 Å². The Kier molecular flexibility index (Phi) is 3.61. The molecule has 1 atom stereocenters. The van der Waals surface area contributed by atoms with Gasteiger partial charge in [0.05, 0.1) is 0 Å². The predicted octanol–water partition coefficient (Wildman–Crippen LogP) is 1.76. The summed E-state index contributed by atoms with van der Waals surface area (Å²) in [6.45, 7) is 5.81. The van der Waals surface area contributed by atoms with Gasteiger partial charge in [0.15, 0.2) is 0 Å². The molecule has 0 aliphatic carbocycles. The minimum absolute atomic E-state index is 0.358. The zero-order chi connectivity index (χ0) is 14.1. The minimum atomic E-state index is -0.878. The third-order valence-electron chi connectivity index (χ3n) is 4.49. The van der Waals surface area contributed by atoms with Crippen molar-refractivity contribution >= 4 is 11.8 Å². The van der Waals surface area contributed by atoms with E-state index in [9.17, 15) is 9.90 Å². The van der Waals surface area contributed by atoms with Crippen LogP contribution in [-0.2, 0) is 0 Å². The number of carbonyl (C=O) groups is 1. The lowest BCUT2D eigenvalue weighted by molar-refractivity contribution is 0.0695. The molecule has 20 heavy (non-hydrogen) atoms. The summed E-state index contributed by atoms with van der Waals surface area (Å²) in [6.07, 6.45) is 5.50. The molecular formula is C15H21N3O2. The first-order valence-corrected chi connectivity index (χ1v) is 7.34. The molecule has 0 radical (unpaired) electrons. The molecule has 0 aromatic carbocycles. The summed E-state index contributed by atoms with van der Waals surface area (Å²) in [5.74, 6) is -0.237. The second-order valence-corrected chi connectivity index (χ2v) is 5.76. The predicted molar refractivity (Wildman–Crippen MR) is 77.4 cm³/mol. The van der Waals surface area contributed by atoms with E-state index in [1.807, 2.05) is 6.92 Å². The lowest BCUT2D eigenvalue weighted by Gasteiger charge is -2.44. The highest BCUT2D eigenvalue weighted by atomic mass is 16.4. The van der Waals surface area contributed by atoms with Crippen LogP contribution in [0.2, 0.25) is 0 Å².